The van der Waals surface area contributed by atoms with Crippen molar-refractivity contribution >= 4 is 47.5 Å². The molecule has 1 saturated heterocycles. The van der Waals surface area contributed by atoms with Crippen LogP contribution < -0.4 is 10.6 Å². The molecule has 1 fully saturated rings. The van der Waals surface area contributed by atoms with Gasteiger partial charge in [0, 0.05) is 38.5 Å². The van der Waals surface area contributed by atoms with E-state index in [2.05, 4.69) is 10.6 Å². The van der Waals surface area contributed by atoms with Crippen LogP contribution >= 0.6 is 0 Å². The standard InChI is InChI=1S/C46H79N3O12/c1-44(2,3)58-40(54)27-25-23-21-19-17-15-13-11-10-12-14-16-18-20-22-24-26-36(50)47-34(42(56)60-46(7,8)9)28-30-37(51)48-35(29-33-41(55)59-45(4,5)6)43(57)61-49-38(52)31-32-39(49)53/h34-35H,10-33H2,1-9H3,(H,47,50)(H,48,51)/t34?,35-/m0/s1. The van der Waals surface area contributed by atoms with Gasteiger partial charge in [-0.25, -0.2) is 9.59 Å². The average molecular weight is 866 g/mol. The molecule has 15 heteroatoms. The Morgan fingerprint density at radius 1 is 0.459 bits per heavy atom. The second-order valence-electron chi connectivity index (χ2n) is 19.2. The third kappa shape index (κ3) is 29.0. The minimum absolute atomic E-state index is 0.103. The number of nitrogens with one attached hydrogen (secondary N) is 2. The fourth-order valence-electron chi connectivity index (χ4n) is 6.57. The molecule has 1 aliphatic rings. The van der Waals surface area contributed by atoms with Crippen LogP contribution in [0.2, 0.25) is 0 Å². The molecule has 1 unspecified atom stereocenters. The average Bonchev–Trinajstić information content (AvgIpc) is 3.44. The number of carbonyl (C=O) groups is 8. The van der Waals surface area contributed by atoms with Gasteiger partial charge in [0.15, 0.2) is 0 Å². The largest absolute Gasteiger partial charge is 0.460 e. The Morgan fingerprint density at radius 2 is 0.787 bits per heavy atom. The Kier molecular flexibility index (Phi) is 25.7. The Morgan fingerprint density at radius 3 is 1.20 bits per heavy atom. The van der Waals surface area contributed by atoms with E-state index in [9.17, 15) is 38.4 Å². The molecule has 2 N–H and O–H groups in total. The van der Waals surface area contributed by atoms with Gasteiger partial charge in [0.2, 0.25) is 11.8 Å². The third-order valence-electron chi connectivity index (χ3n) is 9.51. The molecule has 61 heavy (non-hydrogen) atoms. The van der Waals surface area contributed by atoms with E-state index >= 15 is 0 Å². The van der Waals surface area contributed by atoms with E-state index in [1.165, 1.54) is 57.8 Å². The summed E-state index contributed by atoms with van der Waals surface area (Å²) in [6.07, 6.45) is 17.4. The lowest BCUT2D eigenvalue weighted by atomic mass is 10.0. The zero-order valence-corrected chi connectivity index (χ0v) is 39.0. The van der Waals surface area contributed by atoms with Gasteiger partial charge >= 0.3 is 23.9 Å². The molecule has 15 nitrogen and oxygen atoms in total. The summed E-state index contributed by atoms with van der Waals surface area (Å²) in [5.74, 6) is -4.98. The molecule has 0 bridgehead atoms. The molecule has 2 atom stereocenters. The first-order chi connectivity index (χ1) is 28.5. The summed E-state index contributed by atoms with van der Waals surface area (Å²) in [5, 5.41) is 5.55. The van der Waals surface area contributed by atoms with Crippen molar-refractivity contribution in [1.82, 2.24) is 15.7 Å². The third-order valence-corrected chi connectivity index (χ3v) is 9.51. The Bertz CT molecular complexity index is 1390. The number of rotatable bonds is 30. The summed E-state index contributed by atoms with van der Waals surface area (Å²) in [4.78, 5) is 105. The zero-order chi connectivity index (χ0) is 46.1. The highest BCUT2D eigenvalue weighted by Crippen LogP contribution is 2.18. The Hall–Kier alpha value is -4.04. The van der Waals surface area contributed by atoms with E-state index in [0.717, 1.165) is 38.5 Å². The number of imide groups is 1. The number of hydrogen-bond donors (Lipinski definition) is 2. The lowest BCUT2D eigenvalue weighted by Crippen LogP contribution is -2.47. The zero-order valence-electron chi connectivity index (χ0n) is 39.0. The molecule has 0 aliphatic carbocycles. The van der Waals surface area contributed by atoms with Gasteiger partial charge in [-0.1, -0.05) is 89.9 Å². The van der Waals surface area contributed by atoms with Gasteiger partial charge in [-0.2, -0.15) is 0 Å². The van der Waals surface area contributed by atoms with Crippen molar-refractivity contribution < 1.29 is 57.4 Å². The molecule has 4 amide bonds. The molecule has 350 valence electrons. The van der Waals surface area contributed by atoms with Crippen LogP contribution in [0.25, 0.3) is 0 Å². The van der Waals surface area contributed by atoms with Crippen molar-refractivity contribution in [1.29, 1.82) is 0 Å². The summed E-state index contributed by atoms with van der Waals surface area (Å²) < 4.78 is 16.2. The number of hydrogen-bond acceptors (Lipinski definition) is 12. The molecule has 1 rings (SSSR count). The lowest BCUT2D eigenvalue weighted by Gasteiger charge is -2.25. The van der Waals surface area contributed by atoms with Crippen molar-refractivity contribution in [3.8, 4) is 0 Å². The molecule has 1 aliphatic heterocycles. The van der Waals surface area contributed by atoms with Crippen LogP contribution in [0, 0.1) is 0 Å². The topological polar surface area (TPSA) is 201 Å². The Labute approximate surface area is 365 Å². The number of carbonyl (C=O) groups excluding carboxylic acids is 8. The molecular weight excluding hydrogens is 787 g/mol. The van der Waals surface area contributed by atoms with Crippen LogP contribution in [0.1, 0.15) is 216 Å². The summed E-state index contributed by atoms with van der Waals surface area (Å²) in [5.41, 5.74) is -2.05. The van der Waals surface area contributed by atoms with Gasteiger partial charge in [0.1, 0.15) is 28.9 Å². The molecule has 0 radical (unpaired) electrons. The van der Waals surface area contributed by atoms with Gasteiger partial charge in [0.25, 0.3) is 11.8 Å². The molecule has 0 aromatic heterocycles. The van der Waals surface area contributed by atoms with Gasteiger partial charge < -0.3 is 29.7 Å². The van der Waals surface area contributed by atoms with Crippen LogP contribution in [-0.4, -0.2) is 81.5 Å². The van der Waals surface area contributed by atoms with Gasteiger partial charge in [-0.05, 0) is 88.0 Å². The number of unbranched alkanes of at least 4 members (excludes halogenated alkanes) is 15. The van der Waals surface area contributed by atoms with Crippen molar-refractivity contribution in [3.63, 3.8) is 0 Å². The fourth-order valence-corrected chi connectivity index (χ4v) is 6.57. The summed E-state index contributed by atoms with van der Waals surface area (Å²) >= 11 is 0. The minimum Gasteiger partial charge on any atom is -0.460 e. The molecule has 0 aromatic rings. The predicted molar refractivity (Wildman–Crippen MR) is 230 cm³/mol. The number of amides is 4. The summed E-state index contributed by atoms with van der Waals surface area (Å²) in [7, 11) is 0. The predicted octanol–water partition coefficient (Wildman–Crippen LogP) is 8.17. The monoisotopic (exact) mass is 866 g/mol. The van der Waals surface area contributed by atoms with Crippen molar-refractivity contribution in [2.24, 2.45) is 0 Å². The van der Waals surface area contributed by atoms with Crippen LogP contribution in [0.5, 0.6) is 0 Å². The highest BCUT2D eigenvalue weighted by Gasteiger charge is 2.36. The van der Waals surface area contributed by atoms with Crippen molar-refractivity contribution in [2.45, 2.75) is 245 Å². The second kappa shape index (κ2) is 28.5. The molecule has 0 saturated carbocycles. The first-order valence-electron chi connectivity index (χ1n) is 22.8. The van der Waals surface area contributed by atoms with E-state index in [1.807, 2.05) is 20.8 Å². The molecule has 0 spiro atoms. The fraction of sp³-hybridized carbons (Fsp3) is 0.826. The van der Waals surface area contributed by atoms with Crippen molar-refractivity contribution in [3.05, 3.63) is 0 Å². The molecule has 0 aromatic carbocycles. The lowest BCUT2D eigenvalue weighted by molar-refractivity contribution is -0.199. The normalized spacial score (nSPS) is 14.3. The van der Waals surface area contributed by atoms with Crippen molar-refractivity contribution in [2.75, 3.05) is 0 Å². The van der Waals surface area contributed by atoms with E-state index in [4.69, 9.17) is 19.0 Å². The first-order valence-corrected chi connectivity index (χ1v) is 22.8. The maximum absolute atomic E-state index is 13.1. The number of ether oxygens (including phenoxy) is 3. The summed E-state index contributed by atoms with van der Waals surface area (Å²) in [6.45, 7) is 15.8. The maximum Gasteiger partial charge on any atom is 0.355 e. The Balaban J connectivity index is 2.42. The smallest absolute Gasteiger partial charge is 0.355 e. The highest BCUT2D eigenvalue weighted by atomic mass is 16.7. The minimum atomic E-state index is -1.42. The first kappa shape index (κ1) is 55.0. The number of esters is 3. The number of hydroxylamine groups is 2. The van der Waals surface area contributed by atoms with Gasteiger partial charge in [-0.3, -0.25) is 28.8 Å². The maximum atomic E-state index is 13.1. The molecular formula is C46H79N3O12. The SMILES string of the molecule is CC(C)(C)OC(=O)CCCCCCCCCCCCCCCCCCC(=O)NC(CCC(=O)N[C@@H](CCC(=O)OC(C)(C)C)C(=O)ON1C(=O)CCC1=O)C(=O)OC(C)(C)C. The second-order valence-corrected chi connectivity index (χ2v) is 19.2. The van der Waals surface area contributed by atoms with Gasteiger partial charge in [0.05, 0.1) is 0 Å². The quantitative estimate of drug-likeness (QED) is 0.0304. The van der Waals surface area contributed by atoms with E-state index in [-0.39, 0.29) is 56.8 Å². The summed E-state index contributed by atoms with van der Waals surface area (Å²) in [6, 6.07) is -2.55. The molecule has 1 heterocycles. The van der Waals surface area contributed by atoms with Gasteiger partial charge in [-0.15, -0.1) is 5.06 Å². The van der Waals surface area contributed by atoms with Crippen LogP contribution in [-0.2, 0) is 57.4 Å². The van der Waals surface area contributed by atoms with Crippen LogP contribution in [0.4, 0.5) is 0 Å². The van der Waals surface area contributed by atoms with E-state index in [1.54, 1.807) is 41.5 Å². The van der Waals surface area contributed by atoms with E-state index < -0.39 is 64.5 Å². The highest BCUT2D eigenvalue weighted by molar-refractivity contribution is 6.02. The van der Waals surface area contributed by atoms with Crippen LogP contribution in [0.15, 0.2) is 0 Å². The number of nitrogens with zero attached hydrogens (tertiary/aromatic N) is 1. The van der Waals surface area contributed by atoms with Crippen LogP contribution in [0.3, 0.4) is 0 Å². The van der Waals surface area contributed by atoms with E-state index in [0.29, 0.717) is 17.9 Å².